The van der Waals surface area contributed by atoms with Gasteiger partial charge < -0.3 is 5.73 Å². The number of hydrogen-bond donors (Lipinski definition) is 2. The summed E-state index contributed by atoms with van der Waals surface area (Å²) in [6.45, 7) is 0. The second-order valence-electron chi connectivity index (χ2n) is 2.37. The van der Waals surface area contributed by atoms with Gasteiger partial charge in [-0.2, -0.15) is 17.9 Å². The summed E-state index contributed by atoms with van der Waals surface area (Å²) in [5, 5.41) is 8.68. The first-order valence-corrected chi connectivity index (χ1v) is 4.30. The molecule has 2 nitrogen and oxygen atoms in total. The van der Waals surface area contributed by atoms with Crippen LogP contribution in [0.2, 0.25) is 0 Å². The average molecular weight is 188 g/mol. The van der Waals surface area contributed by atoms with Crippen LogP contribution in [-0.2, 0) is 0 Å². The Hall–Kier alpha value is -1.58. The van der Waals surface area contributed by atoms with E-state index in [1.54, 1.807) is 18.2 Å². The highest BCUT2D eigenvalue weighted by atomic mass is 32.1. The smallest absolute Gasteiger partial charge is 0.101 e. The Balaban J connectivity index is 3.08. The fraction of sp³-hybridized carbons (Fsp3) is 0.100. The summed E-state index contributed by atoms with van der Waals surface area (Å²) in [6, 6.07) is 7.14. The molecule has 0 radical (unpaired) electrons. The van der Waals surface area contributed by atoms with Gasteiger partial charge in [-0.05, 0) is 18.2 Å². The van der Waals surface area contributed by atoms with Crippen LogP contribution in [0.3, 0.4) is 0 Å². The van der Waals surface area contributed by atoms with E-state index in [-0.39, 0.29) is 0 Å². The molecule has 0 fully saturated rings. The molecule has 0 aromatic heterocycles. The fourth-order valence-electron chi connectivity index (χ4n) is 0.872. The van der Waals surface area contributed by atoms with Crippen LogP contribution >= 0.6 is 12.6 Å². The maximum Gasteiger partial charge on any atom is 0.101 e. The lowest BCUT2D eigenvalue weighted by atomic mass is 10.1. The molecule has 0 unspecified atom stereocenters. The zero-order chi connectivity index (χ0) is 9.68. The van der Waals surface area contributed by atoms with Crippen molar-refractivity contribution in [1.29, 1.82) is 5.26 Å². The highest BCUT2D eigenvalue weighted by Gasteiger charge is 1.97. The predicted octanol–water partition coefficient (Wildman–Crippen LogP) is 1.42. The minimum atomic E-state index is 0.464. The third-order valence-corrected chi connectivity index (χ3v) is 1.64. The van der Waals surface area contributed by atoms with Gasteiger partial charge in [0.1, 0.15) is 6.07 Å². The van der Waals surface area contributed by atoms with Crippen molar-refractivity contribution in [1.82, 2.24) is 0 Å². The molecule has 0 bridgehead atoms. The molecule has 0 aliphatic carbocycles. The largest absolute Gasteiger partial charge is 0.398 e. The lowest BCUT2D eigenvalue weighted by molar-refractivity contribution is 1.48. The Kier molecular flexibility index (Phi) is 3.25. The minimum absolute atomic E-state index is 0.464. The van der Waals surface area contributed by atoms with Gasteiger partial charge in [-0.3, -0.25) is 0 Å². The van der Waals surface area contributed by atoms with E-state index in [0.29, 0.717) is 17.0 Å². The topological polar surface area (TPSA) is 49.8 Å². The van der Waals surface area contributed by atoms with Crippen molar-refractivity contribution < 1.29 is 0 Å². The van der Waals surface area contributed by atoms with Gasteiger partial charge in [0.2, 0.25) is 0 Å². The van der Waals surface area contributed by atoms with Crippen molar-refractivity contribution in [3.63, 3.8) is 0 Å². The molecule has 64 valence electrons. The van der Waals surface area contributed by atoms with Crippen LogP contribution in [0.15, 0.2) is 18.2 Å². The third kappa shape index (κ3) is 2.43. The third-order valence-electron chi connectivity index (χ3n) is 1.49. The maximum absolute atomic E-state index is 8.68. The van der Waals surface area contributed by atoms with Crippen LogP contribution in [-0.4, -0.2) is 5.75 Å². The average Bonchev–Trinajstić information content (AvgIpc) is 2.16. The number of anilines is 1. The summed E-state index contributed by atoms with van der Waals surface area (Å²) >= 11 is 3.96. The molecule has 0 amide bonds. The summed E-state index contributed by atoms with van der Waals surface area (Å²) in [5.41, 5.74) is 7.28. The van der Waals surface area contributed by atoms with Gasteiger partial charge in [-0.1, -0.05) is 11.8 Å². The molecule has 0 heterocycles. The van der Waals surface area contributed by atoms with Crippen molar-refractivity contribution in [3.05, 3.63) is 29.3 Å². The first-order valence-electron chi connectivity index (χ1n) is 3.67. The van der Waals surface area contributed by atoms with Crippen molar-refractivity contribution in [3.8, 4) is 17.9 Å². The van der Waals surface area contributed by atoms with Gasteiger partial charge in [0.25, 0.3) is 0 Å². The van der Waals surface area contributed by atoms with E-state index in [1.165, 1.54) is 0 Å². The van der Waals surface area contributed by atoms with E-state index in [4.69, 9.17) is 11.0 Å². The van der Waals surface area contributed by atoms with Gasteiger partial charge in [0.15, 0.2) is 0 Å². The molecule has 0 spiro atoms. The molecule has 0 aliphatic rings. The zero-order valence-electron chi connectivity index (χ0n) is 6.91. The van der Waals surface area contributed by atoms with Gasteiger partial charge in [0, 0.05) is 11.3 Å². The number of nitriles is 1. The summed E-state index contributed by atoms with van der Waals surface area (Å²) < 4.78 is 0. The van der Waals surface area contributed by atoms with Gasteiger partial charge in [0.05, 0.1) is 11.3 Å². The van der Waals surface area contributed by atoms with E-state index >= 15 is 0 Å². The van der Waals surface area contributed by atoms with E-state index in [1.807, 2.05) is 6.07 Å². The van der Waals surface area contributed by atoms with Crippen molar-refractivity contribution in [2.24, 2.45) is 0 Å². The van der Waals surface area contributed by atoms with Gasteiger partial charge in [-0.15, -0.1) is 0 Å². The Morgan fingerprint density at radius 3 is 2.85 bits per heavy atom. The minimum Gasteiger partial charge on any atom is -0.398 e. The van der Waals surface area contributed by atoms with Crippen molar-refractivity contribution in [2.75, 3.05) is 11.5 Å². The van der Waals surface area contributed by atoms with E-state index in [9.17, 15) is 0 Å². The van der Waals surface area contributed by atoms with E-state index in [0.717, 1.165) is 5.56 Å². The normalized spacial score (nSPS) is 8.31. The molecule has 3 heteroatoms. The van der Waals surface area contributed by atoms with Gasteiger partial charge >= 0.3 is 0 Å². The number of hydrogen-bond acceptors (Lipinski definition) is 3. The second-order valence-corrected chi connectivity index (χ2v) is 2.69. The first-order chi connectivity index (χ1) is 6.27. The van der Waals surface area contributed by atoms with Gasteiger partial charge in [-0.25, -0.2) is 0 Å². The monoisotopic (exact) mass is 188 g/mol. The Morgan fingerprint density at radius 2 is 2.23 bits per heavy atom. The highest BCUT2D eigenvalue weighted by molar-refractivity contribution is 7.80. The maximum atomic E-state index is 8.68. The van der Waals surface area contributed by atoms with Crippen LogP contribution in [0.5, 0.6) is 0 Å². The van der Waals surface area contributed by atoms with Crippen molar-refractivity contribution in [2.45, 2.75) is 0 Å². The molecule has 13 heavy (non-hydrogen) atoms. The van der Waals surface area contributed by atoms with Crippen LogP contribution in [0.25, 0.3) is 0 Å². The van der Waals surface area contributed by atoms with E-state index < -0.39 is 0 Å². The fourth-order valence-corrected chi connectivity index (χ4v) is 0.952. The molecule has 0 aliphatic heterocycles. The van der Waals surface area contributed by atoms with Crippen LogP contribution in [0.4, 0.5) is 5.69 Å². The predicted molar refractivity (Wildman–Crippen MR) is 56.3 cm³/mol. The number of benzene rings is 1. The molecule has 0 saturated heterocycles. The number of thiol groups is 1. The molecule has 2 N–H and O–H groups in total. The van der Waals surface area contributed by atoms with Crippen LogP contribution < -0.4 is 5.73 Å². The second kappa shape index (κ2) is 4.45. The SMILES string of the molecule is N#Cc1cc(C#CCS)ccc1N. The Morgan fingerprint density at radius 1 is 1.46 bits per heavy atom. The lowest BCUT2D eigenvalue weighted by Crippen LogP contribution is -1.90. The summed E-state index contributed by atoms with van der Waals surface area (Å²) in [6.07, 6.45) is 0. The summed E-state index contributed by atoms with van der Waals surface area (Å²) in [7, 11) is 0. The Bertz CT molecular complexity index is 407. The number of nitrogen functional groups attached to an aromatic ring is 1. The molecular weight excluding hydrogens is 180 g/mol. The molecule has 0 atom stereocenters. The van der Waals surface area contributed by atoms with E-state index in [2.05, 4.69) is 24.5 Å². The Labute approximate surface area is 82.8 Å². The van der Waals surface area contributed by atoms with Crippen LogP contribution in [0.1, 0.15) is 11.1 Å². The lowest BCUT2D eigenvalue weighted by Gasteiger charge is -1.96. The molecule has 1 rings (SSSR count). The molecular formula is C10H8N2S. The molecule has 0 saturated carbocycles. The number of nitrogens with two attached hydrogens (primary N) is 1. The first kappa shape index (κ1) is 9.51. The number of nitrogens with zero attached hydrogens (tertiary/aromatic N) is 1. The zero-order valence-corrected chi connectivity index (χ0v) is 7.81. The molecule has 1 aromatic rings. The van der Waals surface area contributed by atoms with Crippen molar-refractivity contribution >= 4 is 18.3 Å². The highest BCUT2D eigenvalue weighted by Crippen LogP contribution is 2.11. The summed E-state index contributed by atoms with van der Waals surface area (Å²) in [5.74, 6) is 6.17. The quantitative estimate of drug-likeness (QED) is 0.367. The summed E-state index contributed by atoms with van der Waals surface area (Å²) in [4.78, 5) is 0. The number of rotatable bonds is 0. The van der Waals surface area contributed by atoms with Crippen LogP contribution in [0, 0.1) is 23.2 Å². The molecule has 1 aromatic carbocycles. The standard InChI is InChI=1S/C10H8N2S/c11-7-9-6-8(2-1-5-13)3-4-10(9)12/h3-4,6,13H,5,12H2.